The number of nitrogens with zero attached hydrogens (tertiary/aromatic N) is 1. The van der Waals surface area contributed by atoms with Crippen LogP contribution in [0.25, 0.3) is 32.1 Å². The Morgan fingerprint density at radius 1 is 1.10 bits per heavy atom. The Balaban J connectivity index is 1.94. The van der Waals surface area contributed by atoms with Gasteiger partial charge in [0.25, 0.3) is 5.56 Å². The van der Waals surface area contributed by atoms with E-state index in [1.807, 2.05) is 23.6 Å². The maximum Gasteiger partial charge on any atom is 0.353 e. The van der Waals surface area contributed by atoms with Gasteiger partial charge in [0, 0.05) is 27.4 Å². The number of carbonyl (C=O) groups is 1. The zero-order chi connectivity index (χ0) is 20.8. The molecule has 3 aromatic heterocycles. The van der Waals surface area contributed by atoms with E-state index in [4.69, 9.17) is 0 Å². The number of hydrogen-bond donors (Lipinski definition) is 2. The first-order chi connectivity index (χ1) is 14.6. The molecular weight excluding hydrogens is 403 g/mol. The molecule has 5 aromatic rings. The molecular formula is C23H15FN2O3S. The molecule has 0 spiro atoms. The fourth-order valence-electron chi connectivity index (χ4n) is 3.93. The van der Waals surface area contributed by atoms with Crippen molar-refractivity contribution in [2.75, 3.05) is 0 Å². The van der Waals surface area contributed by atoms with Crippen molar-refractivity contribution in [3.8, 4) is 11.1 Å². The van der Waals surface area contributed by atoms with Crippen LogP contribution in [0.2, 0.25) is 0 Å². The lowest BCUT2D eigenvalue weighted by atomic mass is 10.0. The van der Waals surface area contributed by atoms with Gasteiger partial charge < -0.3 is 14.7 Å². The molecule has 0 saturated heterocycles. The van der Waals surface area contributed by atoms with Gasteiger partial charge in [0.1, 0.15) is 11.5 Å². The minimum Gasteiger partial charge on any atom is -0.477 e. The molecule has 3 heterocycles. The number of thiophene rings is 1. The summed E-state index contributed by atoms with van der Waals surface area (Å²) >= 11 is 1.48. The SMILES string of the molecule is O=C(O)c1c(-c2ccc[nH]c2=O)c2c3sccc3ccc2n1Cc1ccccc1F. The van der Waals surface area contributed by atoms with Crippen molar-refractivity contribution in [1.82, 2.24) is 9.55 Å². The third-order valence-corrected chi connectivity index (χ3v) is 6.17. The number of pyridine rings is 1. The van der Waals surface area contributed by atoms with Gasteiger partial charge in [0.15, 0.2) is 0 Å². The molecule has 0 radical (unpaired) electrons. The monoisotopic (exact) mass is 418 g/mol. The van der Waals surface area contributed by atoms with E-state index >= 15 is 0 Å². The van der Waals surface area contributed by atoms with Gasteiger partial charge in [-0.2, -0.15) is 0 Å². The van der Waals surface area contributed by atoms with Crippen molar-refractivity contribution in [2.24, 2.45) is 0 Å². The molecule has 0 fully saturated rings. The van der Waals surface area contributed by atoms with Crippen molar-refractivity contribution < 1.29 is 14.3 Å². The highest BCUT2D eigenvalue weighted by atomic mass is 32.1. The van der Waals surface area contributed by atoms with Crippen LogP contribution in [0.5, 0.6) is 0 Å². The number of hydrogen-bond acceptors (Lipinski definition) is 3. The molecule has 0 unspecified atom stereocenters. The van der Waals surface area contributed by atoms with Gasteiger partial charge >= 0.3 is 5.97 Å². The average molecular weight is 418 g/mol. The average Bonchev–Trinajstić information content (AvgIpc) is 3.32. The first kappa shape index (κ1) is 18.3. The molecule has 7 heteroatoms. The molecule has 2 N–H and O–H groups in total. The van der Waals surface area contributed by atoms with Crippen molar-refractivity contribution in [1.29, 1.82) is 0 Å². The number of rotatable bonds is 4. The van der Waals surface area contributed by atoms with E-state index in [0.717, 1.165) is 10.1 Å². The second kappa shape index (κ2) is 6.96. The maximum atomic E-state index is 14.4. The molecule has 0 aliphatic carbocycles. The van der Waals surface area contributed by atoms with Gasteiger partial charge in [-0.05, 0) is 41.1 Å². The van der Waals surface area contributed by atoms with Crippen molar-refractivity contribution >= 4 is 38.3 Å². The maximum absolute atomic E-state index is 14.4. The van der Waals surface area contributed by atoms with Crippen LogP contribution in [0.3, 0.4) is 0 Å². The number of fused-ring (bicyclic) bond motifs is 3. The zero-order valence-electron chi connectivity index (χ0n) is 15.6. The Hall–Kier alpha value is -3.71. The number of nitrogens with one attached hydrogen (secondary N) is 1. The minimum absolute atomic E-state index is 0.0342. The Morgan fingerprint density at radius 3 is 2.70 bits per heavy atom. The normalized spacial score (nSPS) is 11.4. The summed E-state index contributed by atoms with van der Waals surface area (Å²) in [6.07, 6.45) is 1.51. The smallest absolute Gasteiger partial charge is 0.353 e. The molecule has 0 aliphatic rings. The standard InChI is InChI=1S/C23H15FN2O3S/c24-16-6-2-1-4-14(16)12-26-17-8-7-13-9-11-30-21(13)19(17)18(20(26)23(28)29)15-5-3-10-25-22(15)27/h1-11H,12H2,(H,25,27)(H,28,29). The van der Waals surface area contributed by atoms with Crippen LogP contribution < -0.4 is 5.56 Å². The van der Waals surface area contributed by atoms with Crippen LogP contribution >= 0.6 is 11.3 Å². The lowest BCUT2D eigenvalue weighted by Gasteiger charge is -2.10. The van der Waals surface area contributed by atoms with Crippen molar-refractivity contribution in [3.63, 3.8) is 0 Å². The number of aromatic nitrogens is 2. The topological polar surface area (TPSA) is 75.1 Å². The second-order valence-electron chi connectivity index (χ2n) is 6.92. The largest absolute Gasteiger partial charge is 0.477 e. The van der Waals surface area contributed by atoms with Crippen LogP contribution in [0.15, 0.2) is 71.0 Å². The van der Waals surface area contributed by atoms with Gasteiger partial charge in [-0.25, -0.2) is 9.18 Å². The third-order valence-electron chi connectivity index (χ3n) is 5.22. The number of H-pyrrole nitrogens is 1. The van der Waals surface area contributed by atoms with Gasteiger partial charge in [0.2, 0.25) is 0 Å². The first-order valence-electron chi connectivity index (χ1n) is 9.23. The summed E-state index contributed by atoms with van der Waals surface area (Å²) in [5, 5.41) is 13.7. The molecule has 5 nitrogen and oxygen atoms in total. The number of halogens is 1. The summed E-state index contributed by atoms with van der Waals surface area (Å²) in [4.78, 5) is 27.7. The Kier molecular flexibility index (Phi) is 4.25. The lowest BCUT2D eigenvalue weighted by molar-refractivity contribution is 0.0687. The Bertz CT molecular complexity index is 1500. The fraction of sp³-hybridized carbons (Fsp3) is 0.0435. The summed E-state index contributed by atoms with van der Waals surface area (Å²) in [7, 11) is 0. The molecule has 30 heavy (non-hydrogen) atoms. The summed E-state index contributed by atoms with van der Waals surface area (Å²) < 4.78 is 16.9. The highest BCUT2D eigenvalue weighted by molar-refractivity contribution is 7.18. The lowest BCUT2D eigenvalue weighted by Crippen LogP contribution is -2.14. The predicted molar refractivity (Wildman–Crippen MR) is 116 cm³/mol. The Labute approximate surface area is 173 Å². The zero-order valence-corrected chi connectivity index (χ0v) is 16.4. The summed E-state index contributed by atoms with van der Waals surface area (Å²) in [6.45, 7) is 0.0342. The van der Waals surface area contributed by atoms with Crippen LogP contribution in [-0.4, -0.2) is 20.6 Å². The summed E-state index contributed by atoms with van der Waals surface area (Å²) in [6, 6.07) is 15.3. The second-order valence-corrected chi connectivity index (χ2v) is 7.83. The highest BCUT2D eigenvalue weighted by Crippen LogP contribution is 2.40. The van der Waals surface area contributed by atoms with Crippen LogP contribution in [0.4, 0.5) is 4.39 Å². The number of aromatic amines is 1. The van der Waals surface area contributed by atoms with E-state index in [-0.39, 0.29) is 23.4 Å². The van der Waals surface area contributed by atoms with Crippen LogP contribution in [-0.2, 0) is 6.54 Å². The third kappa shape index (κ3) is 2.74. The van der Waals surface area contributed by atoms with Crippen molar-refractivity contribution in [2.45, 2.75) is 6.54 Å². The van der Waals surface area contributed by atoms with Gasteiger partial charge in [-0.15, -0.1) is 11.3 Å². The molecule has 0 amide bonds. The van der Waals surface area contributed by atoms with E-state index in [1.54, 1.807) is 34.9 Å². The van der Waals surface area contributed by atoms with E-state index in [0.29, 0.717) is 22.0 Å². The molecule has 0 saturated carbocycles. The molecule has 2 aromatic carbocycles. The predicted octanol–water partition coefficient (Wildman–Crippen LogP) is 5.10. The highest BCUT2D eigenvalue weighted by Gasteiger charge is 2.27. The van der Waals surface area contributed by atoms with E-state index < -0.39 is 11.8 Å². The minimum atomic E-state index is -1.18. The van der Waals surface area contributed by atoms with Gasteiger partial charge in [-0.1, -0.05) is 24.3 Å². The number of aromatic carboxylic acids is 1. The van der Waals surface area contributed by atoms with E-state index in [9.17, 15) is 19.1 Å². The first-order valence-corrected chi connectivity index (χ1v) is 10.1. The number of carboxylic acids is 1. The van der Waals surface area contributed by atoms with Crippen LogP contribution in [0.1, 0.15) is 16.1 Å². The van der Waals surface area contributed by atoms with Crippen LogP contribution in [0, 0.1) is 5.82 Å². The molecule has 148 valence electrons. The summed E-state index contributed by atoms with van der Waals surface area (Å²) in [5.74, 6) is -1.59. The van der Waals surface area contributed by atoms with E-state index in [2.05, 4.69) is 4.98 Å². The number of carboxylic acid groups (broad SMARTS) is 1. The molecule has 5 rings (SSSR count). The van der Waals surface area contributed by atoms with Crippen molar-refractivity contribution in [3.05, 3.63) is 93.6 Å². The number of benzene rings is 2. The molecule has 0 bridgehead atoms. The molecule has 0 aliphatic heterocycles. The molecule has 0 atom stereocenters. The quantitative estimate of drug-likeness (QED) is 0.427. The van der Waals surface area contributed by atoms with E-state index in [1.165, 1.54) is 23.6 Å². The Morgan fingerprint density at radius 2 is 1.93 bits per heavy atom. The van der Waals surface area contributed by atoms with Gasteiger partial charge in [-0.3, -0.25) is 4.79 Å². The fourth-order valence-corrected chi connectivity index (χ4v) is 4.87. The van der Waals surface area contributed by atoms with Gasteiger partial charge in [0.05, 0.1) is 17.6 Å². The summed E-state index contributed by atoms with van der Waals surface area (Å²) in [5.41, 5.74) is 1.22.